The van der Waals surface area contributed by atoms with E-state index in [9.17, 15) is 9.59 Å². The highest BCUT2D eigenvalue weighted by atomic mass is 16.5. The van der Waals surface area contributed by atoms with Crippen LogP contribution in [-0.2, 0) is 14.3 Å². The Morgan fingerprint density at radius 2 is 2.03 bits per heavy atom. The first-order chi connectivity index (χ1) is 14.4. The molecule has 1 amide bonds. The molecule has 10 heteroatoms. The summed E-state index contributed by atoms with van der Waals surface area (Å²) in [5, 5.41) is 9.88. The molecule has 2 aliphatic rings. The van der Waals surface area contributed by atoms with Crippen LogP contribution in [0.15, 0.2) is 5.10 Å². The number of hydrogen-bond donors (Lipinski definition) is 5. The predicted molar refractivity (Wildman–Crippen MR) is 114 cm³/mol. The molecule has 5 unspecified atom stereocenters. The van der Waals surface area contributed by atoms with Gasteiger partial charge in [-0.15, -0.1) is 0 Å². The van der Waals surface area contributed by atoms with Gasteiger partial charge >= 0.3 is 12.1 Å². The van der Waals surface area contributed by atoms with Crippen LogP contribution in [0.25, 0.3) is 0 Å². The number of esters is 1. The second-order valence-corrected chi connectivity index (χ2v) is 8.39. The minimum Gasteiger partial charge on any atom is -0.464 e. The fourth-order valence-corrected chi connectivity index (χ4v) is 4.48. The predicted octanol–water partition coefficient (Wildman–Crippen LogP) is 0.964. The molecule has 1 aliphatic carbocycles. The average Bonchev–Trinajstić information content (AvgIpc) is 2.72. The molecule has 2 fully saturated rings. The van der Waals surface area contributed by atoms with Gasteiger partial charge in [0, 0.05) is 18.9 Å². The maximum Gasteiger partial charge on any atom is 0.407 e. The second kappa shape index (κ2) is 12.6. The molecule has 30 heavy (non-hydrogen) atoms. The summed E-state index contributed by atoms with van der Waals surface area (Å²) < 4.78 is 10.3. The molecule has 0 spiro atoms. The first-order valence-corrected chi connectivity index (χ1v) is 11.0. The molecule has 10 nitrogen and oxygen atoms in total. The lowest BCUT2D eigenvalue weighted by Gasteiger charge is -2.42. The number of carbonyl (C=O) groups excluding carboxylic acids is 2. The largest absolute Gasteiger partial charge is 0.464 e. The zero-order valence-corrected chi connectivity index (χ0v) is 18.2. The van der Waals surface area contributed by atoms with Gasteiger partial charge in [-0.05, 0) is 63.8 Å². The zero-order valence-electron chi connectivity index (χ0n) is 18.2. The number of hydrogen-bond acceptors (Lipinski definition) is 8. The number of nitrogens with two attached hydrogens (primary N) is 2. The van der Waals surface area contributed by atoms with Crippen LogP contribution in [0, 0.1) is 17.8 Å². The maximum atomic E-state index is 12.5. The normalized spacial score (nSPS) is 27.5. The number of fused-ring (bicyclic) bond motifs is 1. The highest BCUT2D eigenvalue weighted by Crippen LogP contribution is 2.40. The van der Waals surface area contributed by atoms with E-state index in [1.165, 1.54) is 12.8 Å². The number of nitrogens with zero attached hydrogens (tertiary/aromatic N) is 1. The number of carbonyl (C=O) groups is 2. The van der Waals surface area contributed by atoms with Crippen molar-refractivity contribution in [2.24, 2.45) is 34.4 Å². The number of piperidine rings is 1. The number of ether oxygens (including phenoxy) is 2. The SMILES string of the molecule is CCOC(=O)NC(C)CCOC(=O)C1CC2CC(CC/C(N)=N/NN)CCC2CN1. The van der Waals surface area contributed by atoms with Gasteiger partial charge < -0.3 is 25.8 Å². The summed E-state index contributed by atoms with van der Waals surface area (Å²) in [6, 6.07) is -0.378. The molecule has 0 bridgehead atoms. The molecular weight excluding hydrogens is 388 g/mol. The van der Waals surface area contributed by atoms with Crippen LogP contribution in [0.5, 0.6) is 0 Å². The highest BCUT2D eigenvalue weighted by Gasteiger charge is 2.38. The lowest BCUT2D eigenvalue weighted by Crippen LogP contribution is -2.50. The number of amidine groups is 1. The molecule has 0 aromatic heterocycles. The summed E-state index contributed by atoms with van der Waals surface area (Å²) in [6.45, 7) is 5.08. The van der Waals surface area contributed by atoms with E-state index >= 15 is 0 Å². The Hall–Kier alpha value is -2.07. The van der Waals surface area contributed by atoms with E-state index in [2.05, 4.69) is 21.3 Å². The number of amides is 1. The van der Waals surface area contributed by atoms with E-state index in [4.69, 9.17) is 21.1 Å². The standard InChI is InChI=1S/C20H38N6O4/c1-3-29-20(28)24-13(2)8-9-30-19(27)17-11-16-10-14(4-6-15(16)12-23-17)5-7-18(21)25-26-22/h13-17,23,26H,3-12,22H2,1-2H3,(H2,21,25)(H,24,28). The maximum absolute atomic E-state index is 12.5. The van der Waals surface area contributed by atoms with E-state index in [0.29, 0.717) is 36.6 Å². The molecule has 0 aromatic rings. The second-order valence-electron chi connectivity index (χ2n) is 8.39. The van der Waals surface area contributed by atoms with Crippen LogP contribution >= 0.6 is 0 Å². The quantitative estimate of drug-likeness (QED) is 0.114. The fourth-order valence-electron chi connectivity index (χ4n) is 4.48. The number of hydrazine groups is 1. The smallest absolute Gasteiger partial charge is 0.407 e. The van der Waals surface area contributed by atoms with Crippen LogP contribution in [0.1, 0.15) is 58.8 Å². The highest BCUT2D eigenvalue weighted by molar-refractivity contribution is 5.79. The van der Waals surface area contributed by atoms with Gasteiger partial charge in [0.05, 0.1) is 13.2 Å². The lowest BCUT2D eigenvalue weighted by atomic mass is 9.69. The molecule has 1 saturated carbocycles. The summed E-state index contributed by atoms with van der Waals surface area (Å²) in [5.41, 5.74) is 8.04. The Labute approximate surface area is 178 Å². The Balaban J connectivity index is 1.71. The third-order valence-electron chi connectivity index (χ3n) is 6.15. The monoisotopic (exact) mass is 426 g/mol. The summed E-state index contributed by atoms with van der Waals surface area (Å²) in [7, 11) is 0. The summed E-state index contributed by atoms with van der Waals surface area (Å²) in [4.78, 5) is 23.9. The van der Waals surface area contributed by atoms with Gasteiger partial charge in [0.15, 0.2) is 0 Å². The molecule has 1 saturated heterocycles. The summed E-state index contributed by atoms with van der Waals surface area (Å²) >= 11 is 0. The van der Waals surface area contributed by atoms with Crippen LogP contribution in [-0.4, -0.2) is 49.7 Å². The van der Waals surface area contributed by atoms with Crippen molar-refractivity contribution in [3.63, 3.8) is 0 Å². The van der Waals surface area contributed by atoms with Crippen molar-refractivity contribution >= 4 is 17.9 Å². The molecule has 7 N–H and O–H groups in total. The summed E-state index contributed by atoms with van der Waals surface area (Å²) in [5.74, 6) is 7.23. The van der Waals surface area contributed by atoms with Gasteiger partial charge in [0.25, 0.3) is 0 Å². The van der Waals surface area contributed by atoms with Crippen LogP contribution in [0.2, 0.25) is 0 Å². The van der Waals surface area contributed by atoms with E-state index < -0.39 is 6.09 Å². The van der Waals surface area contributed by atoms with Gasteiger partial charge in [0.2, 0.25) is 0 Å². The van der Waals surface area contributed by atoms with Gasteiger partial charge in [-0.3, -0.25) is 4.79 Å². The lowest BCUT2D eigenvalue weighted by molar-refractivity contribution is -0.148. The molecule has 0 radical (unpaired) electrons. The van der Waals surface area contributed by atoms with Crippen molar-refractivity contribution < 1.29 is 19.1 Å². The first kappa shape index (κ1) is 24.2. The van der Waals surface area contributed by atoms with E-state index in [1.807, 2.05) is 6.92 Å². The first-order valence-electron chi connectivity index (χ1n) is 11.0. The molecule has 1 aliphatic heterocycles. The third kappa shape index (κ3) is 7.98. The zero-order chi connectivity index (χ0) is 21.9. The minimum absolute atomic E-state index is 0.120. The molecular formula is C20H38N6O4. The van der Waals surface area contributed by atoms with Gasteiger partial charge in [-0.1, -0.05) is 6.42 Å². The number of hydrazone groups is 1. The number of alkyl carbamates (subject to hydrolysis) is 1. The Bertz CT molecular complexity index is 588. The topological polar surface area (TPSA) is 153 Å². The van der Waals surface area contributed by atoms with Crippen LogP contribution in [0.4, 0.5) is 4.79 Å². The van der Waals surface area contributed by atoms with E-state index in [-0.39, 0.29) is 24.7 Å². The molecule has 2 rings (SSSR count). The Morgan fingerprint density at radius 1 is 1.23 bits per heavy atom. The van der Waals surface area contributed by atoms with E-state index in [1.54, 1.807) is 6.92 Å². The Kier molecular flexibility index (Phi) is 10.2. The van der Waals surface area contributed by atoms with Crippen LogP contribution < -0.4 is 27.7 Å². The number of nitrogens with one attached hydrogen (secondary N) is 3. The van der Waals surface area contributed by atoms with Crippen molar-refractivity contribution in [3.8, 4) is 0 Å². The average molecular weight is 427 g/mol. The van der Waals surface area contributed by atoms with Gasteiger partial charge in [-0.2, -0.15) is 5.10 Å². The van der Waals surface area contributed by atoms with Crippen molar-refractivity contribution in [2.75, 3.05) is 19.8 Å². The fraction of sp³-hybridized carbons (Fsp3) is 0.850. The molecule has 0 aromatic carbocycles. The van der Waals surface area contributed by atoms with E-state index in [0.717, 1.165) is 32.2 Å². The van der Waals surface area contributed by atoms with Gasteiger partial charge in [-0.25, -0.2) is 16.2 Å². The Morgan fingerprint density at radius 3 is 2.77 bits per heavy atom. The minimum atomic E-state index is -0.449. The van der Waals surface area contributed by atoms with Crippen molar-refractivity contribution in [3.05, 3.63) is 0 Å². The van der Waals surface area contributed by atoms with Crippen molar-refractivity contribution in [2.45, 2.75) is 70.9 Å². The molecule has 1 heterocycles. The third-order valence-corrected chi connectivity index (χ3v) is 6.15. The van der Waals surface area contributed by atoms with Crippen molar-refractivity contribution in [1.82, 2.24) is 16.2 Å². The molecule has 5 atom stereocenters. The van der Waals surface area contributed by atoms with Crippen molar-refractivity contribution in [1.29, 1.82) is 0 Å². The molecule has 172 valence electrons. The van der Waals surface area contributed by atoms with Crippen LogP contribution in [0.3, 0.4) is 0 Å². The van der Waals surface area contributed by atoms with Gasteiger partial charge in [0.1, 0.15) is 11.9 Å². The summed E-state index contributed by atoms with van der Waals surface area (Å²) in [6.07, 6.45) is 6.11. The number of rotatable bonds is 10.